The highest BCUT2D eigenvalue weighted by Crippen LogP contribution is 2.31. The predicted octanol–water partition coefficient (Wildman–Crippen LogP) is 2.98. The number of ether oxygens (including phenoxy) is 1. The van der Waals surface area contributed by atoms with Crippen LogP contribution in [0.15, 0.2) is 46.0 Å². The lowest BCUT2D eigenvalue weighted by molar-refractivity contribution is 0.241. The Hall–Kier alpha value is -2.06. The Kier molecular flexibility index (Phi) is 6.83. The smallest absolute Gasteiger partial charge is 0.314 e. The van der Waals surface area contributed by atoms with Crippen LogP contribution >= 0.6 is 11.3 Å². The Bertz CT molecular complexity index is 771. The molecule has 25 heavy (non-hydrogen) atoms. The van der Waals surface area contributed by atoms with Crippen molar-refractivity contribution in [2.24, 2.45) is 0 Å². The van der Waals surface area contributed by atoms with E-state index in [0.717, 1.165) is 6.42 Å². The molecule has 2 aromatic rings. The maximum absolute atomic E-state index is 13.0. The SMILES string of the molecule is CCCNC(=O)NC[C@H](c1ccc(OC)cc1)S(=O)(=O)c1cccs1. The third kappa shape index (κ3) is 4.96. The summed E-state index contributed by atoms with van der Waals surface area (Å²) in [5.74, 6) is 0.643. The minimum atomic E-state index is -3.61. The van der Waals surface area contributed by atoms with E-state index < -0.39 is 15.1 Å². The molecule has 6 nitrogen and oxygen atoms in total. The number of sulfone groups is 1. The predicted molar refractivity (Wildman–Crippen MR) is 98.9 cm³/mol. The van der Waals surface area contributed by atoms with Crippen molar-refractivity contribution in [2.75, 3.05) is 20.2 Å². The molecule has 2 rings (SSSR count). The first kappa shape index (κ1) is 19.3. The number of hydrogen-bond donors (Lipinski definition) is 2. The van der Waals surface area contributed by atoms with Crippen molar-refractivity contribution >= 4 is 27.2 Å². The number of carbonyl (C=O) groups is 1. The highest BCUT2D eigenvalue weighted by molar-refractivity contribution is 7.93. The highest BCUT2D eigenvalue weighted by Gasteiger charge is 2.30. The van der Waals surface area contributed by atoms with Crippen molar-refractivity contribution in [1.29, 1.82) is 0 Å². The Morgan fingerprint density at radius 1 is 1.20 bits per heavy atom. The van der Waals surface area contributed by atoms with Crippen LogP contribution in [0, 0.1) is 0 Å². The van der Waals surface area contributed by atoms with E-state index in [0.29, 0.717) is 17.9 Å². The lowest BCUT2D eigenvalue weighted by Crippen LogP contribution is -2.39. The van der Waals surface area contributed by atoms with Gasteiger partial charge >= 0.3 is 6.03 Å². The van der Waals surface area contributed by atoms with Gasteiger partial charge in [-0.3, -0.25) is 0 Å². The molecular weight excluding hydrogens is 360 g/mol. The summed E-state index contributed by atoms with van der Waals surface area (Å²) in [5, 5.41) is 6.19. The molecule has 0 saturated heterocycles. The van der Waals surface area contributed by atoms with Gasteiger partial charge < -0.3 is 15.4 Å². The maximum atomic E-state index is 13.0. The summed E-state index contributed by atoms with van der Waals surface area (Å²) in [6.45, 7) is 2.47. The standard InChI is InChI=1S/C17H22N2O4S2/c1-3-10-18-17(20)19-12-15(13-6-8-14(23-2)9-7-13)25(21,22)16-5-4-11-24-16/h4-9,11,15H,3,10,12H2,1-2H3,(H2,18,19,20)/t15-/m1/s1. The summed E-state index contributed by atoms with van der Waals surface area (Å²) in [6, 6.07) is 9.74. The summed E-state index contributed by atoms with van der Waals surface area (Å²) < 4.78 is 31.4. The molecule has 1 atom stereocenters. The van der Waals surface area contributed by atoms with Crippen molar-refractivity contribution in [3.8, 4) is 5.75 Å². The lowest BCUT2D eigenvalue weighted by atomic mass is 10.1. The van der Waals surface area contributed by atoms with Gasteiger partial charge in [-0.2, -0.15) is 0 Å². The molecular formula is C17H22N2O4S2. The van der Waals surface area contributed by atoms with Crippen LogP contribution in [-0.2, 0) is 9.84 Å². The molecule has 0 saturated carbocycles. The molecule has 2 amide bonds. The molecule has 1 aromatic heterocycles. The summed E-state index contributed by atoms with van der Waals surface area (Å²) in [5.41, 5.74) is 0.602. The van der Waals surface area contributed by atoms with Gasteiger partial charge in [0.15, 0.2) is 9.84 Å². The van der Waals surface area contributed by atoms with E-state index in [2.05, 4.69) is 10.6 Å². The van der Waals surface area contributed by atoms with E-state index in [1.54, 1.807) is 48.9 Å². The van der Waals surface area contributed by atoms with E-state index in [1.165, 1.54) is 11.3 Å². The molecule has 136 valence electrons. The van der Waals surface area contributed by atoms with Crippen molar-refractivity contribution in [3.05, 3.63) is 47.3 Å². The molecule has 2 N–H and O–H groups in total. The molecule has 1 aromatic carbocycles. The molecule has 0 spiro atoms. The molecule has 8 heteroatoms. The Balaban J connectivity index is 2.26. The van der Waals surface area contributed by atoms with Crippen LogP contribution in [0.25, 0.3) is 0 Å². The van der Waals surface area contributed by atoms with Crippen LogP contribution < -0.4 is 15.4 Å². The van der Waals surface area contributed by atoms with Gasteiger partial charge in [0.1, 0.15) is 15.2 Å². The molecule has 1 heterocycles. The molecule has 0 fully saturated rings. The third-order valence-corrected chi connectivity index (χ3v) is 7.15. The fraction of sp³-hybridized carbons (Fsp3) is 0.353. The Morgan fingerprint density at radius 2 is 1.92 bits per heavy atom. The fourth-order valence-electron chi connectivity index (χ4n) is 2.28. The van der Waals surface area contributed by atoms with Crippen molar-refractivity contribution in [2.45, 2.75) is 22.8 Å². The molecule has 0 unspecified atom stereocenters. The van der Waals surface area contributed by atoms with Gasteiger partial charge in [0, 0.05) is 13.1 Å². The van der Waals surface area contributed by atoms with Gasteiger partial charge in [-0.1, -0.05) is 25.1 Å². The van der Waals surface area contributed by atoms with Gasteiger partial charge in [-0.05, 0) is 35.6 Å². The number of urea groups is 1. The minimum absolute atomic E-state index is 0.0118. The first-order valence-electron chi connectivity index (χ1n) is 7.92. The molecule has 0 aliphatic rings. The highest BCUT2D eigenvalue weighted by atomic mass is 32.2. The van der Waals surface area contributed by atoms with E-state index in [-0.39, 0.29) is 16.8 Å². The van der Waals surface area contributed by atoms with Crippen LogP contribution in [0.1, 0.15) is 24.2 Å². The van der Waals surface area contributed by atoms with Crippen LogP contribution in [0.5, 0.6) is 5.75 Å². The van der Waals surface area contributed by atoms with Gasteiger partial charge in [-0.15, -0.1) is 11.3 Å². The third-order valence-electron chi connectivity index (χ3n) is 3.62. The summed E-state index contributed by atoms with van der Waals surface area (Å²) in [4.78, 5) is 11.8. The second-order valence-electron chi connectivity index (χ2n) is 5.38. The second-order valence-corrected chi connectivity index (χ2v) is 8.68. The summed E-state index contributed by atoms with van der Waals surface area (Å²) in [7, 11) is -2.06. The number of amides is 2. The number of carbonyl (C=O) groups excluding carboxylic acids is 1. The van der Waals surface area contributed by atoms with Crippen LogP contribution in [-0.4, -0.2) is 34.6 Å². The van der Waals surface area contributed by atoms with Gasteiger partial charge in [0.25, 0.3) is 0 Å². The summed E-state index contributed by atoms with van der Waals surface area (Å²) in [6.07, 6.45) is 0.808. The molecule has 0 bridgehead atoms. The van der Waals surface area contributed by atoms with Crippen molar-refractivity contribution in [1.82, 2.24) is 10.6 Å². The van der Waals surface area contributed by atoms with Crippen molar-refractivity contribution in [3.63, 3.8) is 0 Å². The Labute approximate surface area is 152 Å². The number of hydrogen-bond acceptors (Lipinski definition) is 5. The minimum Gasteiger partial charge on any atom is -0.497 e. The van der Waals surface area contributed by atoms with Crippen LogP contribution in [0.3, 0.4) is 0 Å². The van der Waals surface area contributed by atoms with Crippen molar-refractivity contribution < 1.29 is 17.9 Å². The van der Waals surface area contributed by atoms with E-state index >= 15 is 0 Å². The average Bonchev–Trinajstić information content (AvgIpc) is 3.16. The first-order valence-corrected chi connectivity index (χ1v) is 10.3. The van der Waals surface area contributed by atoms with Gasteiger partial charge in [0.05, 0.1) is 7.11 Å². The normalized spacial score (nSPS) is 12.4. The zero-order valence-corrected chi connectivity index (χ0v) is 15.8. The molecule has 0 aliphatic carbocycles. The largest absolute Gasteiger partial charge is 0.497 e. The van der Waals surface area contributed by atoms with E-state index in [1.807, 2.05) is 6.92 Å². The Morgan fingerprint density at radius 3 is 2.48 bits per heavy atom. The number of nitrogens with one attached hydrogen (secondary N) is 2. The van der Waals surface area contributed by atoms with E-state index in [9.17, 15) is 13.2 Å². The van der Waals surface area contributed by atoms with E-state index in [4.69, 9.17) is 4.74 Å². The fourth-order valence-corrected chi connectivity index (χ4v) is 5.14. The number of rotatable bonds is 8. The van der Waals surface area contributed by atoms with Crippen LogP contribution in [0.4, 0.5) is 4.79 Å². The van der Waals surface area contributed by atoms with Gasteiger partial charge in [-0.25, -0.2) is 13.2 Å². The topological polar surface area (TPSA) is 84.5 Å². The monoisotopic (exact) mass is 382 g/mol. The lowest BCUT2D eigenvalue weighted by Gasteiger charge is -2.18. The number of methoxy groups -OCH3 is 1. The first-order chi connectivity index (χ1) is 12.0. The summed E-state index contributed by atoms with van der Waals surface area (Å²) >= 11 is 1.17. The number of benzene rings is 1. The van der Waals surface area contributed by atoms with Crippen LogP contribution in [0.2, 0.25) is 0 Å². The number of thiophene rings is 1. The zero-order valence-electron chi connectivity index (χ0n) is 14.2. The quantitative estimate of drug-likeness (QED) is 0.735. The average molecular weight is 383 g/mol. The maximum Gasteiger partial charge on any atom is 0.314 e. The van der Waals surface area contributed by atoms with Gasteiger partial charge in [0.2, 0.25) is 0 Å². The molecule has 0 aliphatic heterocycles. The molecule has 0 radical (unpaired) electrons. The second kappa shape index (κ2) is 8.87. The zero-order chi connectivity index (χ0) is 18.3.